The van der Waals surface area contributed by atoms with Crippen molar-refractivity contribution in [2.24, 2.45) is 5.73 Å². The number of nitrogens with zero attached hydrogens (tertiary/aromatic N) is 1. The first kappa shape index (κ1) is 28.2. The number of amides is 1. The average Bonchev–Trinajstić information content (AvgIpc) is 2.91. The van der Waals surface area contributed by atoms with Gasteiger partial charge in [0.25, 0.3) is 11.5 Å². The van der Waals surface area contributed by atoms with Gasteiger partial charge in [0.2, 0.25) is 0 Å². The molecule has 1 aromatic heterocycles. The second-order valence-electron chi connectivity index (χ2n) is 10.2. The van der Waals surface area contributed by atoms with E-state index in [2.05, 4.69) is 0 Å². The summed E-state index contributed by atoms with van der Waals surface area (Å²) in [6, 6.07) is 10.1. The number of carbonyl (C=O) groups excluding carboxylic acids is 2. The second-order valence-corrected chi connectivity index (χ2v) is 10.7. The summed E-state index contributed by atoms with van der Waals surface area (Å²) in [5, 5.41) is 0.556. The van der Waals surface area contributed by atoms with E-state index >= 15 is 0 Å². The number of carbonyl (C=O) groups is 2. The maximum Gasteiger partial charge on any atom is 0.251 e. The van der Waals surface area contributed by atoms with Crippen molar-refractivity contribution in [1.29, 1.82) is 0 Å². The van der Waals surface area contributed by atoms with Crippen LogP contribution in [0.3, 0.4) is 0 Å². The molecule has 3 heterocycles. The number of aromatic nitrogens is 1. The predicted molar refractivity (Wildman–Crippen MR) is 147 cm³/mol. The van der Waals surface area contributed by atoms with Crippen LogP contribution in [0, 0.1) is 5.82 Å². The van der Waals surface area contributed by atoms with Crippen molar-refractivity contribution in [2.75, 3.05) is 19.8 Å². The van der Waals surface area contributed by atoms with Crippen LogP contribution in [-0.2, 0) is 38.5 Å². The van der Waals surface area contributed by atoms with Crippen LogP contribution < -0.4 is 11.3 Å². The monoisotopic (exact) mass is 568 g/mol. The number of nitrogens with two attached hydrogens (primary N) is 1. The van der Waals surface area contributed by atoms with Gasteiger partial charge >= 0.3 is 0 Å². The van der Waals surface area contributed by atoms with Crippen LogP contribution in [0.5, 0.6) is 0 Å². The Bertz CT molecular complexity index is 1500. The number of pyridine rings is 1. The third-order valence-corrected chi connectivity index (χ3v) is 7.55. The summed E-state index contributed by atoms with van der Waals surface area (Å²) in [4.78, 5) is 38.8. The average molecular weight is 569 g/mol. The summed E-state index contributed by atoms with van der Waals surface area (Å²) < 4.78 is 33.2. The highest BCUT2D eigenvalue weighted by atomic mass is 35.5. The smallest absolute Gasteiger partial charge is 0.251 e. The summed E-state index contributed by atoms with van der Waals surface area (Å²) in [5.41, 5.74) is 8.26. The molecule has 8 nitrogen and oxygen atoms in total. The number of benzene rings is 2. The molecular weight excluding hydrogens is 539 g/mol. The van der Waals surface area contributed by atoms with Gasteiger partial charge in [0.05, 0.1) is 50.2 Å². The summed E-state index contributed by atoms with van der Waals surface area (Å²) in [6.45, 7) is 3.35. The number of fused-ring (bicyclic) bond motifs is 3. The lowest BCUT2D eigenvalue weighted by Gasteiger charge is -2.29. The molecule has 1 saturated heterocycles. The van der Waals surface area contributed by atoms with Crippen LogP contribution in [0.2, 0.25) is 5.02 Å². The molecule has 3 aromatic rings. The van der Waals surface area contributed by atoms with E-state index in [1.54, 1.807) is 6.20 Å². The largest absolute Gasteiger partial charge is 0.376 e. The minimum atomic E-state index is -0.912. The zero-order valence-electron chi connectivity index (χ0n) is 22.0. The quantitative estimate of drug-likeness (QED) is 0.461. The van der Waals surface area contributed by atoms with E-state index in [0.717, 1.165) is 22.8 Å². The van der Waals surface area contributed by atoms with Gasteiger partial charge < -0.3 is 24.5 Å². The summed E-state index contributed by atoms with van der Waals surface area (Å²) in [7, 11) is 0. The molecule has 10 heteroatoms. The first-order valence-corrected chi connectivity index (χ1v) is 13.5. The maximum atomic E-state index is 14.4. The SMILES string of the molecule is C[C@@H]1Cc2ccc(Cl)cc2-c2cc(=O)n([C@@H](C[C@@H]3COCCO3)C(=O)Cc3ccc(C(N)=O)c(F)c3)cc2CO1. The fourth-order valence-corrected chi connectivity index (χ4v) is 5.46. The first-order chi connectivity index (χ1) is 19.2. The van der Waals surface area contributed by atoms with E-state index in [-0.39, 0.29) is 49.1 Å². The zero-order valence-corrected chi connectivity index (χ0v) is 22.8. The van der Waals surface area contributed by atoms with Crippen molar-refractivity contribution in [3.63, 3.8) is 0 Å². The second kappa shape index (κ2) is 12.0. The van der Waals surface area contributed by atoms with Crippen LogP contribution in [0.15, 0.2) is 53.5 Å². The maximum absolute atomic E-state index is 14.4. The lowest BCUT2D eigenvalue weighted by molar-refractivity contribution is -0.126. The molecule has 2 aromatic carbocycles. The van der Waals surface area contributed by atoms with Gasteiger partial charge in [-0.15, -0.1) is 0 Å². The van der Waals surface area contributed by atoms with E-state index in [0.29, 0.717) is 35.8 Å². The highest BCUT2D eigenvalue weighted by Gasteiger charge is 2.29. The zero-order chi connectivity index (χ0) is 28.4. The molecule has 0 saturated carbocycles. The Morgan fingerprint density at radius 2 is 1.90 bits per heavy atom. The summed E-state index contributed by atoms with van der Waals surface area (Å²) >= 11 is 6.32. The molecular formula is C30H30ClFN2O6. The highest BCUT2D eigenvalue weighted by molar-refractivity contribution is 6.30. The molecule has 1 amide bonds. The van der Waals surface area contributed by atoms with Gasteiger partial charge in [0.15, 0.2) is 5.78 Å². The van der Waals surface area contributed by atoms with Gasteiger partial charge in [-0.3, -0.25) is 14.4 Å². The molecule has 40 heavy (non-hydrogen) atoms. The summed E-state index contributed by atoms with van der Waals surface area (Å²) in [6.07, 6.45) is 1.89. The van der Waals surface area contributed by atoms with E-state index < -0.39 is 23.9 Å². The Hall–Kier alpha value is -3.37. The first-order valence-electron chi connectivity index (χ1n) is 13.2. The third kappa shape index (κ3) is 6.18. The molecule has 1 fully saturated rings. The van der Waals surface area contributed by atoms with E-state index in [4.69, 9.17) is 31.5 Å². The highest BCUT2D eigenvalue weighted by Crippen LogP contribution is 2.33. The minimum absolute atomic E-state index is 0.0723. The molecule has 0 aliphatic carbocycles. The fraction of sp³-hybridized carbons (Fsp3) is 0.367. The van der Waals surface area contributed by atoms with E-state index in [1.165, 1.54) is 22.8 Å². The topological polar surface area (TPSA) is 110 Å². The van der Waals surface area contributed by atoms with Crippen molar-refractivity contribution in [3.8, 4) is 11.1 Å². The molecule has 5 rings (SSSR count). The lowest BCUT2D eigenvalue weighted by Crippen LogP contribution is -2.37. The van der Waals surface area contributed by atoms with Gasteiger partial charge in [-0.25, -0.2) is 4.39 Å². The van der Waals surface area contributed by atoms with Crippen LogP contribution >= 0.6 is 11.6 Å². The van der Waals surface area contributed by atoms with Gasteiger partial charge in [-0.1, -0.05) is 23.7 Å². The van der Waals surface area contributed by atoms with Crippen molar-refractivity contribution >= 4 is 23.3 Å². The third-order valence-electron chi connectivity index (χ3n) is 7.31. The van der Waals surface area contributed by atoms with Gasteiger partial charge in [-0.05, 0) is 59.9 Å². The Balaban J connectivity index is 1.54. The molecule has 210 valence electrons. The molecule has 2 N–H and O–H groups in total. The Morgan fingerprint density at radius 3 is 2.62 bits per heavy atom. The van der Waals surface area contributed by atoms with Crippen molar-refractivity contribution in [3.05, 3.63) is 92.1 Å². The Labute approximate surface area is 235 Å². The molecule has 3 atom stereocenters. The van der Waals surface area contributed by atoms with Crippen LogP contribution in [0.1, 0.15) is 46.4 Å². The van der Waals surface area contributed by atoms with Crippen molar-refractivity contribution in [1.82, 2.24) is 4.57 Å². The molecule has 0 bridgehead atoms. The molecule has 0 unspecified atom stereocenters. The Morgan fingerprint density at radius 1 is 1.10 bits per heavy atom. The van der Waals surface area contributed by atoms with Gasteiger partial charge in [-0.2, -0.15) is 0 Å². The number of ether oxygens (including phenoxy) is 3. The van der Waals surface area contributed by atoms with Crippen LogP contribution in [-0.4, -0.2) is 48.3 Å². The van der Waals surface area contributed by atoms with E-state index in [9.17, 15) is 18.8 Å². The number of rotatable bonds is 7. The minimum Gasteiger partial charge on any atom is -0.376 e. The normalized spacial score (nSPS) is 19.6. The van der Waals surface area contributed by atoms with Crippen LogP contribution in [0.25, 0.3) is 11.1 Å². The van der Waals surface area contributed by atoms with E-state index in [1.807, 2.05) is 25.1 Å². The predicted octanol–water partition coefficient (Wildman–Crippen LogP) is 4.03. The van der Waals surface area contributed by atoms with Gasteiger partial charge in [0.1, 0.15) is 5.82 Å². The van der Waals surface area contributed by atoms with Crippen molar-refractivity contribution < 1.29 is 28.2 Å². The standard InChI is InChI=1S/C30H30ClFN2O6/c1-17-8-19-3-4-21(31)11-24(19)25-13-29(36)34(14-20(25)15-40-17)27(12-22-16-38-6-7-39-22)28(35)10-18-2-5-23(30(33)37)26(32)9-18/h2-5,9,11,13-14,17,22,27H,6-8,10,12,15-16H2,1H3,(H2,33,37)/t17-,22-,27+/m1/s1. The lowest BCUT2D eigenvalue weighted by atomic mass is 9.92. The number of hydrogen-bond donors (Lipinski definition) is 1. The number of hydrogen-bond acceptors (Lipinski definition) is 6. The van der Waals surface area contributed by atoms with Crippen molar-refractivity contribution in [2.45, 2.75) is 51.0 Å². The number of Topliss-reactive ketones (excluding diaryl/α,β-unsaturated/α-hetero) is 1. The molecule has 0 spiro atoms. The fourth-order valence-electron chi connectivity index (χ4n) is 5.29. The van der Waals surface area contributed by atoms with Gasteiger partial charge in [0, 0.05) is 35.7 Å². The number of ketones is 1. The molecule has 2 aliphatic heterocycles. The molecule has 0 radical (unpaired) electrons. The number of halogens is 2. The summed E-state index contributed by atoms with van der Waals surface area (Å²) in [5.74, 6) is -2.01. The number of primary amides is 1. The van der Waals surface area contributed by atoms with Crippen LogP contribution in [0.4, 0.5) is 4.39 Å². The Kier molecular flexibility index (Phi) is 8.46. The molecule has 2 aliphatic rings.